The summed E-state index contributed by atoms with van der Waals surface area (Å²) < 4.78 is 0. The van der Waals surface area contributed by atoms with Crippen LogP contribution < -0.4 is 11.1 Å². The fourth-order valence-electron chi connectivity index (χ4n) is 1.67. The molecule has 106 valence electrons. The number of amides is 3. The van der Waals surface area contributed by atoms with Crippen molar-refractivity contribution in [3.8, 4) is 0 Å². The van der Waals surface area contributed by atoms with Crippen molar-refractivity contribution in [1.29, 1.82) is 0 Å². The molecule has 1 aliphatic rings. The Morgan fingerprint density at radius 2 is 2.05 bits per heavy atom. The first-order valence-corrected chi connectivity index (χ1v) is 5.86. The highest BCUT2D eigenvalue weighted by atomic mass is 16.4. The molecule has 0 unspecified atom stereocenters. The molecule has 8 heteroatoms. The first kappa shape index (κ1) is 15.1. The Balaban J connectivity index is 2.67. The Bertz CT molecular complexity index is 421. The Labute approximate surface area is 109 Å². The number of nitrogens with one attached hydrogen (secondary N) is 1. The van der Waals surface area contributed by atoms with Gasteiger partial charge < -0.3 is 16.2 Å². The van der Waals surface area contributed by atoms with E-state index in [1.807, 2.05) is 0 Å². The lowest BCUT2D eigenvalue weighted by Gasteiger charge is -2.18. The molecule has 1 heterocycles. The number of aliphatic carboxylic acids is 1. The molecule has 0 saturated carbocycles. The summed E-state index contributed by atoms with van der Waals surface area (Å²) in [6.45, 7) is 2.81. The Hall–Kier alpha value is -1.96. The lowest BCUT2D eigenvalue weighted by Crippen LogP contribution is -2.50. The molecular formula is C11H17N3O5. The molecule has 1 rings (SSSR count). The molecule has 2 atom stereocenters. The van der Waals surface area contributed by atoms with Crippen LogP contribution in [-0.2, 0) is 19.2 Å². The molecule has 0 radical (unpaired) electrons. The summed E-state index contributed by atoms with van der Waals surface area (Å²) in [6.07, 6.45) is -0.233. The van der Waals surface area contributed by atoms with Crippen LogP contribution in [0.4, 0.5) is 0 Å². The predicted octanol–water partition coefficient (Wildman–Crippen LogP) is -1.70. The maximum atomic E-state index is 11.8. The van der Waals surface area contributed by atoms with Gasteiger partial charge in [0.1, 0.15) is 12.6 Å². The van der Waals surface area contributed by atoms with Crippen LogP contribution in [0.15, 0.2) is 0 Å². The van der Waals surface area contributed by atoms with Gasteiger partial charge in [-0.25, -0.2) is 0 Å². The minimum Gasteiger partial charge on any atom is -0.480 e. The van der Waals surface area contributed by atoms with Gasteiger partial charge in [-0.1, -0.05) is 13.8 Å². The summed E-state index contributed by atoms with van der Waals surface area (Å²) in [7, 11) is 0. The molecular weight excluding hydrogens is 254 g/mol. The third-order valence-corrected chi connectivity index (χ3v) is 2.87. The van der Waals surface area contributed by atoms with Gasteiger partial charge in [-0.2, -0.15) is 0 Å². The number of carboxylic acids is 1. The van der Waals surface area contributed by atoms with Crippen molar-refractivity contribution in [3.05, 3.63) is 0 Å². The van der Waals surface area contributed by atoms with Crippen LogP contribution >= 0.6 is 0 Å². The van der Waals surface area contributed by atoms with Crippen LogP contribution in [0.1, 0.15) is 20.3 Å². The summed E-state index contributed by atoms with van der Waals surface area (Å²) >= 11 is 0. The molecule has 3 amide bonds. The Kier molecular flexibility index (Phi) is 4.60. The summed E-state index contributed by atoms with van der Waals surface area (Å²) in [5, 5.41) is 11.0. The van der Waals surface area contributed by atoms with Gasteiger partial charge in [-0.05, 0) is 5.92 Å². The van der Waals surface area contributed by atoms with Crippen LogP contribution in [0.25, 0.3) is 0 Å². The zero-order chi connectivity index (χ0) is 14.7. The second-order valence-electron chi connectivity index (χ2n) is 4.75. The van der Waals surface area contributed by atoms with Crippen molar-refractivity contribution < 1.29 is 24.3 Å². The van der Waals surface area contributed by atoms with Crippen molar-refractivity contribution in [2.75, 3.05) is 6.54 Å². The first-order valence-electron chi connectivity index (χ1n) is 5.86. The van der Waals surface area contributed by atoms with Crippen molar-refractivity contribution in [3.63, 3.8) is 0 Å². The minimum atomic E-state index is -1.28. The van der Waals surface area contributed by atoms with Crippen molar-refractivity contribution in [1.82, 2.24) is 10.2 Å². The lowest BCUT2D eigenvalue weighted by molar-refractivity contribution is -0.148. The summed E-state index contributed by atoms with van der Waals surface area (Å²) in [4.78, 5) is 46.1. The topological polar surface area (TPSA) is 130 Å². The van der Waals surface area contributed by atoms with Gasteiger partial charge in [-0.15, -0.1) is 0 Å². The second-order valence-corrected chi connectivity index (χ2v) is 4.75. The van der Waals surface area contributed by atoms with E-state index in [0.29, 0.717) is 4.90 Å². The van der Waals surface area contributed by atoms with Crippen LogP contribution in [0.5, 0.6) is 0 Å². The molecule has 0 spiro atoms. The fourth-order valence-corrected chi connectivity index (χ4v) is 1.67. The van der Waals surface area contributed by atoms with E-state index < -0.39 is 42.3 Å². The van der Waals surface area contributed by atoms with E-state index in [1.165, 1.54) is 0 Å². The van der Waals surface area contributed by atoms with Crippen molar-refractivity contribution in [2.24, 2.45) is 11.7 Å². The monoisotopic (exact) mass is 271 g/mol. The second kappa shape index (κ2) is 5.79. The lowest BCUT2D eigenvalue weighted by atomic mass is 10.0. The quantitative estimate of drug-likeness (QED) is 0.511. The van der Waals surface area contributed by atoms with Gasteiger partial charge in [-0.3, -0.25) is 24.1 Å². The number of carboxylic acid groups (broad SMARTS) is 1. The molecule has 1 aliphatic heterocycles. The van der Waals surface area contributed by atoms with E-state index in [1.54, 1.807) is 13.8 Å². The number of hydrogen-bond donors (Lipinski definition) is 3. The average molecular weight is 271 g/mol. The summed E-state index contributed by atoms with van der Waals surface area (Å²) in [5.41, 5.74) is 5.62. The molecule has 1 saturated heterocycles. The number of carbonyl (C=O) groups excluding carboxylic acids is 3. The smallest absolute Gasteiger partial charge is 0.323 e. The maximum absolute atomic E-state index is 11.8. The minimum absolute atomic E-state index is 0.109. The zero-order valence-corrected chi connectivity index (χ0v) is 10.8. The maximum Gasteiger partial charge on any atom is 0.323 e. The van der Waals surface area contributed by atoms with E-state index in [2.05, 4.69) is 5.32 Å². The molecule has 0 aliphatic carbocycles. The number of carbonyl (C=O) groups is 4. The van der Waals surface area contributed by atoms with Crippen molar-refractivity contribution >= 4 is 23.7 Å². The normalized spacial score (nSPS) is 20.8. The van der Waals surface area contributed by atoms with Gasteiger partial charge in [0.15, 0.2) is 0 Å². The molecule has 0 bridgehead atoms. The first-order chi connectivity index (χ1) is 8.73. The van der Waals surface area contributed by atoms with Gasteiger partial charge in [0.2, 0.25) is 11.8 Å². The fraction of sp³-hybridized carbons (Fsp3) is 0.636. The van der Waals surface area contributed by atoms with Gasteiger partial charge >= 0.3 is 5.97 Å². The average Bonchev–Trinajstić information content (AvgIpc) is 2.55. The highest BCUT2D eigenvalue weighted by Crippen LogP contribution is 2.13. The molecule has 8 nitrogen and oxygen atoms in total. The highest BCUT2D eigenvalue weighted by Gasteiger charge is 2.40. The predicted molar refractivity (Wildman–Crippen MR) is 63.7 cm³/mol. The number of nitrogens with zero attached hydrogens (tertiary/aromatic N) is 1. The molecule has 4 N–H and O–H groups in total. The van der Waals surface area contributed by atoms with Crippen LogP contribution in [0.3, 0.4) is 0 Å². The number of hydrogen-bond acceptors (Lipinski definition) is 5. The van der Waals surface area contributed by atoms with E-state index in [0.717, 1.165) is 0 Å². The molecule has 0 aromatic rings. The van der Waals surface area contributed by atoms with E-state index in [4.69, 9.17) is 10.8 Å². The number of rotatable bonds is 5. The van der Waals surface area contributed by atoms with Crippen LogP contribution in [0, 0.1) is 5.92 Å². The van der Waals surface area contributed by atoms with E-state index in [9.17, 15) is 19.2 Å². The van der Waals surface area contributed by atoms with E-state index in [-0.39, 0.29) is 12.3 Å². The zero-order valence-electron chi connectivity index (χ0n) is 10.8. The number of likely N-dealkylation sites (tertiary alicyclic amines) is 1. The number of imide groups is 1. The molecule has 19 heavy (non-hydrogen) atoms. The van der Waals surface area contributed by atoms with Crippen molar-refractivity contribution in [2.45, 2.75) is 32.4 Å². The third kappa shape index (κ3) is 3.50. The Morgan fingerprint density at radius 1 is 1.47 bits per heavy atom. The molecule has 0 aromatic heterocycles. The largest absolute Gasteiger partial charge is 0.480 e. The third-order valence-electron chi connectivity index (χ3n) is 2.87. The highest BCUT2D eigenvalue weighted by molar-refractivity contribution is 6.08. The molecule has 1 fully saturated rings. The van der Waals surface area contributed by atoms with Gasteiger partial charge in [0.25, 0.3) is 5.91 Å². The number of nitrogens with two attached hydrogens (primary N) is 1. The SMILES string of the molecule is CC(C)[C@H](N)C(=O)N[C@H]1CC(=O)N(CC(=O)O)C1=O. The van der Waals surface area contributed by atoms with Crippen LogP contribution in [-0.4, -0.2) is 52.3 Å². The standard InChI is InChI=1S/C11H17N3O5/c1-5(2)9(12)10(18)13-6-3-7(15)14(11(6)19)4-8(16)17/h5-6,9H,3-4,12H2,1-2H3,(H,13,18)(H,16,17)/t6-,9-/m0/s1. The van der Waals surface area contributed by atoms with Gasteiger partial charge in [0.05, 0.1) is 12.5 Å². The summed E-state index contributed by atoms with van der Waals surface area (Å²) in [6, 6.07) is -1.81. The van der Waals surface area contributed by atoms with Gasteiger partial charge in [0, 0.05) is 0 Å². The Morgan fingerprint density at radius 3 is 2.53 bits per heavy atom. The van der Waals surface area contributed by atoms with Crippen LogP contribution in [0.2, 0.25) is 0 Å². The summed E-state index contributed by atoms with van der Waals surface area (Å²) in [5.74, 6) is -3.25. The molecule has 0 aromatic carbocycles. The van der Waals surface area contributed by atoms with E-state index >= 15 is 0 Å².